The Balaban J connectivity index is 1.50. The molecule has 0 aliphatic heterocycles. The Labute approximate surface area is 273 Å². The van der Waals surface area contributed by atoms with E-state index in [-0.39, 0.29) is 42.9 Å². The molecular weight excluding hydrogens is 651 g/mol. The number of halogens is 2. The van der Waals surface area contributed by atoms with Crippen molar-refractivity contribution in [1.82, 2.24) is 0 Å². The molecule has 0 spiro atoms. The zero-order valence-corrected chi connectivity index (χ0v) is 26.2. The first-order valence-electron chi connectivity index (χ1n) is 13.8. The van der Waals surface area contributed by atoms with Crippen molar-refractivity contribution in [2.24, 2.45) is 0 Å². The number of fused-ring (bicyclic) bond motifs is 1. The van der Waals surface area contributed by atoms with E-state index >= 15 is 0 Å². The predicted octanol–water partition coefficient (Wildman–Crippen LogP) is 7.56. The zero-order chi connectivity index (χ0) is 34.0. The molecule has 5 aromatic rings. The normalized spacial score (nSPS) is 11.1. The minimum atomic E-state index is -4.21. The molecule has 3 amide bonds. The van der Waals surface area contributed by atoms with Crippen LogP contribution in [0, 0.1) is 13.8 Å². The van der Waals surface area contributed by atoms with E-state index in [0.29, 0.717) is 10.8 Å². The number of nitrogens with zero attached hydrogens (tertiary/aromatic N) is 1. The molecule has 2 N–H and O–H groups in total. The van der Waals surface area contributed by atoms with Gasteiger partial charge >= 0.3 is 22.2 Å². The molecule has 47 heavy (non-hydrogen) atoms. The van der Waals surface area contributed by atoms with E-state index in [9.17, 15) is 37.1 Å². The van der Waals surface area contributed by atoms with E-state index in [0.717, 1.165) is 17.7 Å². The molecule has 0 fully saturated rings. The minimum Gasteiger partial charge on any atom is -0.478 e. The molecular formula is C34H24ClFN2O8S. The number of aromatic carboxylic acids is 1. The van der Waals surface area contributed by atoms with Crippen molar-refractivity contribution >= 4 is 67.8 Å². The average Bonchev–Trinajstić information content (AvgIpc) is 3.02. The first-order chi connectivity index (χ1) is 22.2. The van der Waals surface area contributed by atoms with Crippen LogP contribution in [0.3, 0.4) is 0 Å². The van der Waals surface area contributed by atoms with Gasteiger partial charge in [0.25, 0.3) is 11.8 Å². The zero-order valence-electron chi connectivity index (χ0n) is 24.7. The van der Waals surface area contributed by atoms with E-state index in [1.807, 2.05) is 6.92 Å². The van der Waals surface area contributed by atoms with Gasteiger partial charge in [-0.3, -0.25) is 9.59 Å². The van der Waals surface area contributed by atoms with E-state index < -0.39 is 45.3 Å². The molecule has 0 aliphatic rings. The van der Waals surface area contributed by atoms with Crippen LogP contribution < -0.4 is 14.4 Å². The molecule has 0 bridgehead atoms. The Morgan fingerprint density at radius 1 is 0.851 bits per heavy atom. The largest absolute Gasteiger partial charge is 0.478 e. The van der Waals surface area contributed by atoms with Crippen molar-refractivity contribution in [2.45, 2.75) is 18.7 Å². The Morgan fingerprint density at radius 2 is 1.53 bits per heavy atom. The van der Waals surface area contributed by atoms with Crippen LogP contribution >= 0.6 is 11.6 Å². The maximum absolute atomic E-state index is 14.4. The second-order valence-corrected chi connectivity index (χ2v) is 12.4. The highest BCUT2D eigenvalue weighted by Crippen LogP contribution is 2.31. The van der Waals surface area contributed by atoms with Crippen LogP contribution in [-0.4, -0.2) is 37.5 Å². The number of aryl methyl sites for hydroxylation is 1. The van der Waals surface area contributed by atoms with Crippen LogP contribution in [0.1, 0.15) is 42.2 Å². The second kappa shape index (κ2) is 13.0. The molecule has 5 rings (SSSR count). The summed E-state index contributed by atoms with van der Waals surface area (Å²) in [6.07, 6.45) is -2.22. The molecule has 0 atom stereocenters. The van der Waals surface area contributed by atoms with E-state index in [1.165, 1.54) is 67.6 Å². The molecule has 0 heterocycles. The number of amides is 3. The van der Waals surface area contributed by atoms with Gasteiger partial charge in [-0.15, -0.1) is 4.39 Å². The monoisotopic (exact) mass is 674 g/mol. The summed E-state index contributed by atoms with van der Waals surface area (Å²) in [7, 11) is -4.21. The number of rotatable bonds is 8. The van der Waals surface area contributed by atoms with Crippen LogP contribution in [0.15, 0.2) is 102 Å². The summed E-state index contributed by atoms with van der Waals surface area (Å²) in [5.74, 6) is -3.35. The summed E-state index contributed by atoms with van der Waals surface area (Å²) >= 11 is 5.94. The van der Waals surface area contributed by atoms with Crippen molar-refractivity contribution in [3.05, 3.63) is 130 Å². The SMILES string of the molecule is Cc1ccc(OS(=O)(=O)c2ccc3c(NC(=O)c4cc(N(C(=O)F)C(=O)c5cccc(Cl)c5)cc(C(=O)O)c4C)cccc3c2)cc1. The maximum Gasteiger partial charge on any atom is 0.411 e. The highest BCUT2D eigenvalue weighted by molar-refractivity contribution is 7.87. The van der Waals surface area contributed by atoms with Crippen molar-refractivity contribution in [2.75, 3.05) is 10.2 Å². The molecule has 0 unspecified atom stereocenters. The molecule has 10 nitrogen and oxygen atoms in total. The highest BCUT2D eigenvalue weighted by atomic mass is 35.5. The van der Waals surface area contributed by atoms with Gasteiger partial charge in [-0.1, -0.05) is 53.6 Å². The molecule has 238 valence electrons. The number of nitrogens with one attached hydrogen (secondary N) is 1. The van der Waals surface area contributed by atoms with Crippen LogP contribution in [0.5, 0.6) is 5.75 Å². The lowest BCUT2D eigenvalue weighted by atomic mass is 9.99. The third-order valence-electron chi connectivity index (χ3n) is 7.19. The molecule has 0 aromatic heterocycles. The van der Waals surface area contributed by atoms with E-state index in [1.54, 1.807) is 24.3 Å². The summed E-state index contributed by atoms with van der Waals surface area (Å²) in [5.41, 5.74) is -0.263. The Morgan fingerprint density at radius 3 is 2.19 bits per heavy atom. The van der Waals surface area contributed by atoms with Gasteiger partial charge in [-0.25, -0.2) is 14.5 Å². The topological polar surface area (TPSA) is 147 Å². The highest BCUT2D eigenvalue weighted by Gasteiger charge is 2.29. The van der Waals surface area contributed by atoms with Crippen molar-refractivity contribution in [1.29, 1.82) is 0 Å². The summed E-state index contributed by atoms with van der Waals surface area (Å²) in [5, 5.41) is 13.5. The molecule has 0 saturated carbocycles. The predicted molar refractivity (Wildman–Crippen MR) is 174 cm³/mol. The smallest absolute Gasteiger partial charge is 0.411 e. The van der Waals surface area contributed by atoms with Crippen molar-refractivity contribution < 1.29 is 41.3 Å². The van der Waals surface area contributed by atoms with Crippen LogP contribution in [0.25, 0.3) is 10.8 Å². The molecule has 0 radical (unpaired) electrons. The van der Waals surface area contributed by atoms with Crippen LogP contribution in [-0.2, 0) is 10.1 Å². The van der Waals surface area contributed by atoms with Gasteiger partial charge in [0.05, 0.1) is 11.3 Å². The second-order valence-electron chi connectivity index (χ2n) is 10.4. The number of hydrogen-bond acceptors (Lipinski definition) is 7. The first kappa shape index (κ1) is 32.8. The van der Waals surface area contributed by atoms with Gasteiger partial charge in [0, 0.05) is 27.2 Å². The molecule has 13 heteroatoms. The van der Waals surface area contributed by atoms with Crippen LogP contribution in [0.4, 0.5) is 20.6 Å². The lowest BCUT2D eigenvalue weighted by Crippen LogP contribution is -2.34. The van der Waals surface area contributed by atoms with Gasteiger partial charge in [0.1, 0.15) is 10.6 Å². The van der Waals surface area contributed by atoms with Gasteiger partial charge < -0.3 is 14.6 Å². The van der Waals surface area contributed by atoms with Crippen molar-refractivity contribution in [3.8, 4) is 5.75 Å². The van der Waals surface area contributed by atoms with Crippen molar-refractivity contribution in [3.63, 3.8) is 0 Å². The molecule has 0 saturated heterocycles. The lowest BCUT2D eigenvalue weighted by Gasteiger charge is -2.20. The fraction of sp³-hybridized carbons (Fsp3) is 0.0588. The summed E-state index contributed by atoms with van der Waals surface area (Å²) in [6.45, 7) is 3.20. The number of benzene rings is 5. The number of carboxylic acids is 1. The van der Waals surface area contributed by atoms with Crippen LogP contribution in [0.2, 0.25) is 5.02 Å². The number of carbonyl (C=O) groups is 4. The number of imide groups is 1. The van der Waals surface area contributed by atoms with E-state index in [2.05, 4.69) is 5.32 Å². The fourth-order valence-electron chi connectivity index (χ4n) is 4.82. The lowest BCUT2D eigenvalue weighted by molar-refractivity contribution is 0.0695. The Bertz CT molecular complexity index is 2200. The van der Waals surface area contributed by atoms with Gasteiger partial charge in [-0.05, 0) is 85.5 Å². The number of anilines is 2. The van der Waals surface area contributed by atoms with Gasteiger partial charge in [0.15, 0.2) is 0 Å². The number of carboxylic acid groups (broad SMARTS) is 1. The third-order valence-corrected chi connectivity index (χ3v) is 8.67. The maximum atomic E-state index is 14.4. The average molecular weight is 675 g/mol. The molecule has 5 aromatic carbocycles. The van der Waals surface area contributed by atoms with E-state index in [4.69, 9.17) is 15.8 Å². The van der Waals surface area contributed by atoms with Gasteiger partial charge in [0.2, 0.25) is 0 Å². The Hall–Kier alpha value is -5.59. The third kappa shape index (κ3) is 6.98. The minimum absolute atomic E-state index is 0.0258. The molecule has 0 aliphatic carbocycles. The summed E-state index contributed by atoms with van der Waals surface area (Å²) in [6, 6.07) is 22.6. The number of carbonyl (C=O) groups excluding carboxylic acids is 3. The quantitative estimate of drug-likeness (QED) is 0.0973. The van der Waals surface area contributed by atoms with Gasteiger partial charge in [-0.2, -0.15) is 8.42 Å². The number of hydrogen-bond donors (Lipinski definition) is 2. The fourth-order valence-corrected chi connectivity index (χ4v) is 5.98. The Kier molecular flexibility index (Phi) is 9.09. The summed E-state index contributed by atoms with van der Waals surface area (Å²) in [4.78, 5) is 50.9. The summed E-state index contributed by atoms with van der Waals surface area (Å²) < 4.78 is 45.6. The standard InChI is InChI=1S/C34H24ClFN2O8S/c1-19-9-11-25(12-10-19)46-47(44,45)26-13-14-27-21(16-26)5-4-8-30(27)37-31(39)28-17-24(18-29(20(28)2)33(41)42)38(34(36)43)32(40)22-6-3-7-23(35)15-22/h3-18H,1-2H3,(H,37,39)(H,41,42). The first-order valence-corrected chi connectivity index (χ1v) is 15.6.